The van der Waals surface area contributed by atoms with Crippen LogP contribution >= 0.6 is 0 Å². The quantitative estimate of drug-likeness (QED) is 0.596. The maximum absolute atomic E-state index is 12.5. The highest BCUT2D eigenvalue weighted by atomic mass is 32.2. The van der Waals surface area contributed by atoms with E-state index >= 15 is 0 Å². The first-order chi connectivity index (χ1) is 14.5. The standard InChI is InChI=1S/C21H26N2O6S/c1-2-27-17-7-5-16(6-8-17)23-30(25,26)20-11-9-18(10-12-20)29-15-21(24)22-14-19-4-3-13-28-19/h5-12,19,23H,2-4,13-15H2,1H3,(H,22,24)/t19-/m0/s1. The molecule has 0 saturated carbocycles. The first-order valence-corrected chi connectivity index (χ1v) is 11.3. The van der Waals surface area contributed by atoms with Crippen molar-refractivity contribution in [2.75, 3.05) is 31.1 Å². The maximum atomic E-state index is 12.5. The number of amides is 1. The monoisotopic (exact) mass is 434 g/mol. The number of rotatable bonds is 10. The van der Waals surface area contributed by atoms with Gasteiger partial charge in [0, 0.05) is 18.8 Å². The number of sulfonamides is 1. The van der Waals surface area contributed by atoms with Gasteiger partial charge in [0.25, 0.3) is 15.9 Å². The molecule has 2 aromatic rings. The molecule has 0 aromatic heterocycles. The summed E-state index contributed by atoms with van der Waals surface area (Å²) in [6.45, 7) is 3.47. The summed E-state index contributed by atoms with van der Waals surface area (Å²) >= 11 is 0. The summed E-state index contributed by atoms with van der Waals surface area (Å²) < 4.78 is 43.8. The highest BCUT2D eigenvalue weighted by Gasteiger charge is 2.17. The van der Waals surface area contributed by atoms with Gasteiger partial charge in [0.2, 0.25) is 0 Å². The molecule has 1 fully saturated rings. The smallest absolute Gasteiger partial charge is 0.261 e. The van der Waals surface area contributed by atoms with E-state index in [-0.39, 0.29) is 23.5 Å². The largest absolute Gasteiger partial charge is 0.494 e. The van der Waals surface area contributed by atoms with Gasteiger partial charge in [-0.15, -0.1) is 0 Å². The van der Waals surface area contributed by atoms with E-state index in [0.29, 0.717) is 30.3 Å². The van der Waals surface area contributed by atoms with Crippen LogP contribution in [0.4, 0.5) is 5.69 Å². The van der Waals surface area contributed by atoms with Crippen molar-refractivity contribution >= 4 is 21.6 Å². The topological polar surface area (TPSA) is 103 Å². The third-order valence-electron chi connectivity index (χ3n) is 4.47. The first-order valence-electron chi connectivity index (χ1n) is 9.83. The fraction of sp³-hybridized carbons (Fsp3) is 0.381. The van der Waals surface area contributed by atoms with Gasteiger partial charge in [-0.3, -0.25) is 9.52 Å². The molecule has 0 unspecified atom stereocenters. The molecule has 9 heteroatoms. The van der Waals surface area contributed by atoms with E-state index in [1.807, 2.05) is 6.92 Å². The van der Waals surface area contributed by atoms with Crippen LogP contribution in [-0.2, 0) is 19.6 Å². The van der Waals surface area contributed by atoms with Crippen LogP contribution in [0, 0.1) is 0 Å². The molecule has 8 nitrogen and oxygen atoms in total. The van der Waals surface area contributed by atoms with Crippen molar-refractivity contribution in [3.8, 4) is 11.5 Å². The molecular weight excluding hydrogens is 408 g/mol. The number of nitrogens with one attached hydrogen (secondary N) is 2. The summed E-state index contributed by atoms with van der Waals surface area (Å²) in [7, 11) is -3.74. The van der Waals surface area contributed by atoms with Crippen LogP contribution in [0.25, 0.3) is 0 Å². The van der Waals surface area contributed by atoms with Crippen LogP contribution in [0.3, 0.4) is 0 Å². The molecule has 1 aliphatic rings. The summed E-state index contributed by atoms with van der Waals surface area (Å²) in [5, 5.41) is 2.77. The molecule has 1 aliphatic heterocycles. The van der Waals surface area contributed by atoms with E-state index in [9.17, 15) is 13.2 Å². The summed E-state index contributed by atoms with van der Waals surface area (Å²) in [4.78, 5) is 12.0. The predicted octanol–water partition coefficient (Wildman–Crippen LogP) is 2.56. The Morgan fingerprint density at radius 3 is 2.37 bits per heavy atom. The molecule has 30 heavy (non-hydrogen) atoms. The second kappa shape index (κ2) is 10.3. The van der Waals surface area contributed by atoms with Gasteiger partial charge in [-0.05, 0) is 68.3 Å². The van der Waals surface area contributed by atoms with E-state index < -0.39 is 10.0 Å². The van der Waals surface area contributed by atoms with Gasteiger partial charge in [-0.2, -0.15) is 0 Å². The highest BCUT2D eigenvalue weighted by molar-refractivity contribution is 7.92. The van der Waals surface area contributed by atoms with E-state index in [0.717, 1.165) is 19.4 Å². The summed E-state index contributed by atoms with van der Waals surface area (Å²) in [5.41, 5.74) is 0.432. The van der Waals surface area contributed by atoms with Crippen molar-refractivity contribution in [1.82, 2.24) is 5.32 Å². The number of ether oxygens (including phenoxy) is 3. The van der Waals surface area contributed by atoms with E-state index in [4.69, 9.17) is 14.2 Å². The molecule has 0 aliphatic carbocycles. The minimum atomic E-state index is -3.74. The number of carbonyl (C=O) groups is 1. The Morgan fingerprint density at radius 1 is 1.07 bits per heavy atom. The number of benzene rings is 2. The Balaban J connectivity index is 1.50. The minimum Gasteiger partial charge on any atom is -0.494 e. The van der Waals surface area contributed by atoms with Crippen molar-refractivity contribution in [2.45, 2.75) is 30.8 Å². The van der Waals surface area contributed by atoms with Gasteiger partial charge in [-0.1, -0.05) is 0 Å². The highest BCUT2D eigenvalue weighted by Crippen LogP contribution is 2.21. The van der Waals surface area contributed by atoms with Crippen LogP contribution in [0.1, 0.15) is 19.8 Å². The van der Waals surface area contributed by atoms with Crippen molar-refractivity contribution in [1.29, 1.82) is 0 Å². The molecule has 0 spiro atoms. The van der Waals surface area contributed by atoms with Crippen molar-refractivity contribution < 1.29 is 27.4 Å². The van der Waals surface area contributed by atoms with Gasteiger partial charge in [0.05, 0.1) is 17.6 Å². The maximum Gasteiger partial charge on any atom is 0.261 e. The van der Waals surface area contributed by atoms with Crippen molar-refractivity contribution in [3.63, 3.8) is 0 Å². The first kappa shape index (κ1) is 21.9. The van der Waals surface area contributed by atoms with Crippen molar-refractivity contribution in [3.05, 3.63) is 48.5 Å². The van der Waals surface area contributed by atoms with Gasteiger partial charge < -0.3 is 19.5 Å². The predicted molar refractivity (Wildman–Crippen MR) is 112 cm³/mol. The molecule has 162 valence electrons. The molecule has 0 bridgehead atoms. The Kier molecular flexibility index (Phi) is 7.53. The molecule has 1 heterocycles. The van der Waals surface area contributed by atoms with Crippen LogP contribution in [0.2, 0.25) is 0 Å². The lowest BCUT2D eigenvalue weighted by molar-refractivity contribution is -0.123. The fourth-order valence-electron chi connectivity index (χ4n) is 2.95. The molecule has 1 amide bonds. The Morgan fingerprint density at radius 2 is 1.73 bits per heavy atom. The van der Waals surface area contributed by atoms with E-state index in [2.05, 4.69) is 10.0 Å². The van der Waals surface area contributed by atoms with Crippen molar-refractivity contribution in [2.24, 2.45) is 0 Å². The third-order valence-corrected chi connectivity index (χ3v) is 5.87. The lowest BCUT2D eigenvalue weighted by Gasteiger charge is -2.12. The number of hydrogen-bond donors (Lipinski definition) is 2. The molecule has 1 atom stereocenters. The second-order valence-corrected chi connectivity index (χ2v) is 8.44. The lowest BCUT2D eigenvalue weighted by atomic mass is 10.2. The number of hydrogen-bond acceptors (Lipinski definition) is 6. The third kappa shape index (κ3) is 6.36. The van der Waals surface area contributed by atoms with Gasteiger partial charge >= 0.3 is 0 Å². The van der Waals surface area contributed by atoms with Crippen LogP contribution in [0.5, 0.6) is 11.5 Å². The lowest BCUT2D eigenvalue weighted by Crippen LogP contribution is -2.35. The van der Waals surface area contributed by atoms with E-state index in [1.165, 1.54) is 24.3 Å². The number of carbonyl (C=O) groups excluding carboxylic acids is 1. The van der Waals surface area contributed by atoms with Crippen LogP contribution in [-0.4, -0.2) is 46.8 Å². The Hall–Kier alpha value is -2.78. The zero-order valence-electron chi connectivity index (χ0n) is 16.8. The molecule has 3 rings (SSSR count). The normalized spacial score (nSPS) is 16.1. The molecule has 2 aromatic carbocycles. The Bertz CT molecular complexity index is 923. The van der Waals surface area contributed by atoms with Crippen LogP contribution < -0.4 is 19.5 Å². The molecule has 2 N–H and O–H groups in total. The summed E-state index contributed by atoms with van der Waals surface area (Å²) in [5.74, 6) is 0.823. The summed E-state index contributed by atoms with van der Waals surface area (Å²) in [6, 6.07) is 12.5. The van der Waals surface area contributed by atoms with E-state index in [1.54, 1.807) is 24.3 Å². The average Bonchev–Trinajstić information content (AvgIpc) is 3.26. The minimum absolute atomic E-state index is 0.0707. The molecule has 1 saturated heterocycles. The molecular formula is C21H26N2O6S. The summed E-state index contributed by atoms with van der Waals surface area (Å²) in [6.07, 6.45) is 2.03. The second-order valence-electron chi connectivity index (χ2n) is 6.76. The SMILES string of the molecule is CCOc1ccc(NS(=O)(=O)c2ccc(OCC(=O)NC[C@@H]3CCCO3)cc2)cc1. The number of anilines is 1. The van der Waals surface area contributed by atoms with Gasteiger partial charge in [-0.25, -0.2) is 8.42 Å². The molecule has 0 radical (unpaired) electrons. The zero-order chi connectivity index (χ0) is 21.4. The zero-order valence-corrected chi connectivity index (χ0v) is 17.6. The van der Waals surface area contributed by atoms with Crippen LogP contribution in [0.15, 0.2) is 53.4 Å². The fourth-order valence-corrected chi connectivity index (χ4v) is 4.01. The Labute approximate surface area is 176 Å². The average molecular weight is 435 g/mol. The van der Waals surface area contributed by atoms with Gasteiger partial charge in [0.1, 0.15) is 11.5 Å². The van der Waals surface area contributed by atoms with Gasteiger partial charge in [0.15, 0.2) is 6.61 Å².